The van der Waals surface area contributed by atoms with Gasteiger partial charge < -0.3 is 14.2 Å². The number of nitrogens with zero attached hydrogens (tertiary/aromatic N) is 2. The highest BCUT2D eigenvalue weighted by atomic mass is 16.3. The average Bonchev–Trinajstić information content (AvgIpc) is 3.33. The fraction of sp³-hybridized carbons (Fsp3) is 0.250. The van der Waals surface area contributed by atoms with E-state index in [4.69, 9.17) is 4.42 Å². The zero-order valence-corrected chi connectivity index (χ0v) is 16.2. The van der Waals surface area contributed by atoms with Gasteiger partial charge in [-0.05, 0) is 23.3 Å². The number of benzene rings is 2. The van der Waals surface area contributed by atoms with Crippen LogP contribution in [0.3, 0.4) is 0 Å². The smallest absolute Gasteiger partial charge is 0.289 e. The maximum atomic E-state index is 13.1. The van der Waals surface area contributed by atoms with Gasteiger partial charge in [0.2, 0.25) is 5.91 Å². The van der Waals surface area contributed by atoms with E-state index in [1.54, 1.807) is 17.0 Å². The maximum absolute atomic E-state index is 13.1. The Labute approximate surface area is 170 Å². The second-order valence-electron chi connectivity index (χ2n) is 7.23. The molecular weight excluding hydrogens is 364 g/mol. The minimum absolute atomic E-state index is 0.0210. The molecule has 0 saturated carbocycles. The Morgan fingerprint density at radius 2 is 1.31 bits per heavy atom. The lowest BCUT2D eigenvalue weighted by Gasteiger charge is -2.35. The van der Waals surface area contributed by atoms with Gasteiger partial charge in [0.25, 0.3) is 5.91 Å². The molecule has 2 aromatic carbocycles. The number of hydrogen-bond donors (Lipinski definition) is 0. The molecule has 3 aromatic rings. The Hall–Kier alpha value is -3.34. The zero-order chi connectivity index (χ0) is 20.1. The van der Waals surface area contributed by atoms with Gasteiger partial charge in [-0.1, -0.05) is 60.7 Å². The second-order valence-corrected chi connectivity index (χ2v) is 7.23. The third kappa shape index (κ3) is 4.40. The molecule has 5 heteroatoms. The van der Waals surface area contributed by atoms with Gasteiger partial charge in [0.05, 0.1) is 6.26 Å². The van der Waals surface area contributed by atoms with Crippen molar-refractivity contribution in [2.24, 2.45) is 0 Å². The number of furan rings is 1. The molecule has 5 nitrogen and oxygen atoms in total. The molecule has 0 N–H and O–H groups in total. The Kier molecular flexibility index (Phi) is 5.75. The van der Waals surface area contributed by atoms with Gasteiger partial charge in [-0.3, -0.25) is 9.59 Å². The van der Waals surface area contributed by atoms with Crippen molar-refractivity contribution in [2.45, 2.75) is 12.3 Å². The van der Waals surface area contributed by atoms with Crippen molar-refractivity contribution in [3.63, 3.8) is 0 Å². The molecule has 0 unspecified atom stereocenters. The van der Waals surface area contributed by atoms with Crippen LogP contribution in [0.25, 0.3) is 0 Å². The van der Waals surface area contributed by atoms with Crippen LogP contribution in [0.1, 0.15) is 34.0 Å². The van der Waals surface area contributed by atoms with Crippen molar-refractivity contribution in [1.29, 1.82) is 0 Å². The summed E-state index contributed by atoms with van der Waals surface area (Å²) in [6, 6.07) is 23.7. The molecule has 4 rings (SSSR count). The van der Waals surface area contributed by atoms with Crippen LogP contribution >= 0.6 is 0 Å². The first-order chi connectivity index (χ1) is 14.2. The third-order valence-electron chi connectivity index (χ3n) is 5.43. The fourth-order valence-electron chi connectivity index (χ4n) is 3.82. The number of amides is 2. The molecule has 2 amide bonds. The van der Waals surface area contributed by atoms with Crippen LogP contribution in [0.15, 0.2) is 83.5 Å². The lowest BCUT2D eigenvalue weighted by molar-refractivity contribution is -0.132. The highest BCUT2D eigenvalue weighted by Gasteiger charge is 2.28. The molecule has 0 atom stereocenters. The fourth-order valence-corrected chi connectivity index (χ4v) is 3.82. The highest BCUT2D eigenvalue weighted by Crippen LogP contribution is 2.28. The van der Waals surface area contributed by atoms with Gasteiger partial charge in [-0.2, -0.15) is 0 Å². The van der Waals surface area contributed by atoms with Gasteiger partial charge in [0.15, 0.2) is 5.76 Å². The van der Waals surface area contributed by atoms with Crippen LogP contribution < -0.4 is 0 Å². The molecular formula is C24H24N2O3. The summed E-state index contributed by atoms with van der Waals surface area (Å²) in [4.78, 5) is 29.1. The molecule has 1 saturated heterocycles. The maximum Gasteiger partial charge on any atom is 0.289 e. The summed E-state index contributed by atoms with van der Waals surface area (Å²) in [5.74, 6) is 0.368. The van der Waals surface area contributed by atoms with E-state index in [9.17, 15) is 9.59 Å². The predicted molar refractivity (Wildman–Crippen MR) is 111 cm³/mol. The van der Waals surface area contributed by atoms with Crippen molar-refractivity contribution < 1.29 is 14.0 Å². The van der Waals surface area contributed by atoms with E-state index in [0.717, 1.165) is 11.1 Å². The van der Waals surface area contributed by atoms with Crippen LogP contribution in [0.2, 0.25) is 0 Å². The Balaban J connectivity index is 1.42. The van der Waals surface area contributed by atoms with Crippen LogP contribution in [0.4, 0.5) is 0 Å². The molecule has 1 aliphatic rings. The van der Waals surface area contributed by atoms with Crippen molar-refractivity contribution in [3.05, 3.63) is 95.9 Å². The Morgan fingerprint density at radius 3 is 1.83 bits per heavy atom. The largest absolute Gasteiger partial charge is 0.459 e. The summed E-state index contributed by atoms with van der Waals surface area (Å²) in [5, 5.41) is 0. The van der Waals surface area contributed by atoms with E-state index in [0.29, 0.717) is 38.4 Å². The molecule has 2 heterocycles. The molecule has 1 aliphatic heterocycles. The summed E-state index contributed by atoms with van der Waals surface area (Å²) >= 11 is 0. The molecule has 0 aliphatic carbocycles. The van der Waals surface area contributed by atoms with E-state index < -0.39 is 0 Å². The first kappa shape index (κ1) is 19.0. The van der Waals surface area contributed by atoms with Gasteiger partial charge in [-0.25, -0.2) is 0 Å². The lowest BCUT2D eigenvalue weighted by atomic mass is 9.88. The van der Waals surface area contributed by atoms with E-state index in [2.05, 4.69) is 24.3 Å². The van der Waals surface area contributed by atoms with Gasteiger partial charge in [0, 0.05) is 38.5 Å². The lowest BCUT2D eigenvalue weighted by Crippen LogP contribution is -2.50. The second kappa shape index (κ2) is 8.78. The number of piperazine rings is 1. The average molecular weight is 388 g/mol. The normalized spacial score (nSPS) is 14.2. The predicted octanol–water partition coefficient (Wildman–Crippen LogP) is 3.79. The minimum atomic E-state index is -0.117. The molecule has 29 heavy (non-hydrogen) atoms. The van der Waals surface area contributed by atoms with E-state index in [1.165, 1.54) is 6.26 Å². The Morgan fingerprint density at radius 1 is 0.759 bits per heavy atom. The quantitative estimate of drug-likeness (QED) is 0.668. The van der Waals surface area contributed by atoms with Crippen LogP contribution in [-0.4, -0.2) is 47.8 Å². The SMILES string of the molecule is O=C(CC(c1ccccc1)c1ccccc1)N1CCN(C(=O)c2ccco2)CC1. The molecule has 0 radical (unpaired) electrons. The van der Waals surface area contributed by atoms with Gasteiger partial charge in [0.1, 0.15) is 0 Å². The van der Waals surface area contributed by atoms with Crippen molar-refractivity contribution >= 4 is 11.8 Å². The molecule has 148 valence electrons. The zero-order valence-electron chi connectivity index (χ0n) is 16.2. The van der Waals surface area contributed by atoms with E-state index in [-0.39, 0.29) is 17.7 Å². The molecule has 0 bridgehead atoms. The third-order valence-corrected chi connectivity index (χ3v) is 5.43. The molecule has 0 spiro atoms. The highest BCUT2D eigenvalue weighted by molar-refractivity contribution is 5.91. The Bertz CT molecular complexity index is 891. The van der Waals surface area contributed by atoms with E-state index in [1.807, 2.05) is 41.3 Å². The number of carbonyl (C=O) groups excluding carboxylic acids is 2. The molecule has 1 aromatic heterocycles. The molecule has 1 fully saturated rings. The van der Waals surface area contributed by atoms with Gasteiger partial charge in [-0.15, -0.1) is 0 Å². The number of carbonyl (C=O) groups is 2. The summed E-state index contributed by atoms with van der Waals surface area (Å²) in [7, 11) is 0. The summed E-state index contributed by atoms with van der Waals surface area (Å²) in [6.07, 6.45) is 1.92. The summed E-state index contributed by atoms with van der Waals surface area (Å²) < 4.78 is 5.20. The van der Waals surface area contributed by atoms with Crippen LogP contribution in [0, 0.1) is 0 Å². The first-order valence-corrected chi connectivity index (χ1v) is 9.93. The van der Waals surface area contributed by atoms with Crippen molar-refractivity contribution in [3.8, 4) is 0 Å². The standard InChI is InChI=1S/C24H24N2O3/c27-23(25-13-15-26(16-14-25)24(28)22-12-7-17-29-22)18-21(19-8-3-1-4-9-19)20-10-5-2-6-11-20/h1-12,17,21H,13-16,18H2. The van der Waals surface area contributed by atoms with Crippen molar-refractivity contribution in [1.82, 2.24) is 9.80 Å². The summed E-state index contributed by atoms with van der Waals surface area (Å²) in [5.41, 5.74) is 2.28. The number of rotatable bonds is 5. The monoisotopic (exact) mass is 388 g/mol. The van der Waals surface area contributed by atoms with Crippen molar-refractivity contribution in [2.75, 3.05) is 26.2 Å². The number of hydrogen-bond acceptors (Lipinski definition) is 3. The van der Waals surface area contributed by atoms with Crippen LogP contribution in [0.5, 0.6) is 0 Å². The summed E-state index contributed by atoms with van der Waals surface area (Å²) in [6.45, 7) is 2.13. The van der Waals surface area contributed by atoms with E-state index >= 15 is 0 Å². The minimum Gasteiger partial charge on any atom is -0.459 e. The van der Waals surface area contributed by atoms with Gasteiger partial charge >= 0.3 is 0 Å². The topological polar surface area (TPSA) is 53.8 Å². The first-order valence-electron chi connectivity index (χ1n) is 9.93. The van der Waals surface area contributed by atoms with Crippen LogP contribution in [-0.2, 0) is 4.79 Å².